The predicted molar refractivity (Wildman–Crippen MR) is 241 cm³/mol. The molecule has 11 saturated carbocycles. The molecule has 0 aromatic carbocycles. The third-order valence-corrected chi connectivity index (χ3v) is 25.4. The van der Waals surface area contributed by atoms with Gasteiger partial charge in [-0.15, -0.1) is 0 Å². The van der Waals surface area contributed by atoms with Gasteiger partial charge in [0.2, 0.25) is 0 Å². The minimum absolute atomic E-state index is 0.619. The highest BCUT2D eigenvalue weighted by Gasteiger charge is 2.72. The first-order valence-electron chi connectivity index (χ1n) is 27.9. The van der Waals surface area contributed by atoms with Gasteiger partial charge in [0.1, 0.15) is 0 Å². The molecule has 0 amide bonds. The molecule has 58 heavy (non-hydrogen) atoms. The van der Waals surface area contributed by atoms with E-state index >= 15 is 0 Å². The summed E-state index contributed by atoms with van der Waals surface area (Å²) in [6.45, 7) is 0. The van der Waals surface area contributed by atoms with Gasteiger partial charge in [-0.3, -0.25) is 4.90 Å². The molecule has 2 nitrogen and oxygen atoms in total. The Kier molecular flexibility index (Phi) is 10.5. The maximum absolute atomic E-state index is 7.73. The quantitative estimate of drug-likeness (QED) is 0.281. The molecule has 13 aliphatic rings. The normalized spacial score (nSPS) is 56.4. The van der Waals surface area contributed by atoms with Gasteiger partial charge in [-0.2, -0.15) is 11.8 Å². The van der Waals surface area contributed by atoms with Crippen LogP contribution in [-0.2, 0) is 4.74 Å². The van der Waals surface area contributed by atoms with E-state index in [1.54, 1.807) is 103 Å². The van der Waals surface area contributed by atoms with Gasteiger partial charge < -0.3 is 4.74 Å². The first-order valence-corrected chi connectivity index (χ1v) is 28.8. The molecule has 0 radical (unpaired) electrons. The summed E-state index contributed by atoms with van der Waals surface area (Å²) >= 11 is 2.46. The van der Waals surface area contributed by atoms with E-state index < -0.39 is 0 Å². The average molecular weight is 810 g/mol. The van der Waals surface area contributed by atoms with Crippen molar-refractivity contribution in [2.75, 3.05) is 0 Å². The van der Waals surface area contributed by atoms with Crippen LogP contribution in [0.3, 0.4) is 0 Å². The van der Waals surface area contributed by atoms with Crippen molar-refractivity contribution < 1.29 is 4.74 Å². The lowest BCUT2D eigenvalue weighted by molar-refractivity contribution is -0.0848. The predicted octanol–water partition coefficient (Wildman–Crippen LogP) is 14.3. The summed E-state index contributed by atoms with van der Waals surface area (Å²) < 4.78 is 7.73. The van der Waals surface area contributed by atoms with E-state index in [0.29, 0.717) is 12.2 Å². The van der Waals surface area contributed by atoms with Crippen molar-refractivity contribution in [3.8, 4) is 0 Å². The summed E-state index contributed by atoms with van der Waals surface area (Å²) in [5.41, 5.74) is 0.750. The highest BCUT2D eigenvalue weighted by molar-refractivity contribution is 8.00. The fourth-order valence-electron chi connectivity index (χ4n) is 22.3. The standard InChI is InChI=1S/C55H87NOS/c1-2-15-35(16-3-1)56(37-28-29-42-41-20-6-10-26-48(41)55(49(42)33-37)46-24-8-4-18-39(46)40-19-5-9-25-47(40)55)36-17-12-14-34(32-36)38-22-13-23-43-44-30-31-51-52(54(44)57-53(38)43)45-21-7-11-27-50(45)58-51/h34-54H,1-33H2. The lowest BCUT2D eigenvalue weighted by Crippen LogP contribution is -2.56. The van der Waals surface area contributed by atoms with Gasteiger partial charge in [0.25, 0.3) is 0 Å². The molecule has 20 unspecified atom stereocenters. The zero-order valence-electron chi connectivity index (χ0n) is 37.2. The van der Waals surface area contributed by atoms with Crippen LogP contribution in [0.1, 0.15) is 212 Å². The van der Waals surface area contributed by atoms with Crippen LogP contribution in [0, 0.1) is 88.3 Å². The Hall–Kier alpha value is 0.270. The van der Waals surface area contributed by atoms with Gasteiger partial charge >= 0.3 is 0 Å². The summed E-state index contributed by atoms with van der Waals surface area (Å²) in [5, 5.41) is 1.92. The maximum Gasteiger partial charge on any atom is 0.0652 e. The van der Waals surface area contributed by atoms with E-state index in [0.717, 1.165) is 117 Å². The summed E-state index contributed by atoms with van der Waals surface area (Å²) in [6, 6.07) is 2.68. The molecule has 2 saturated heterocycles. The first kappa shape index (κ1) is 38.7. The van der Waals surface area contributed by atoms with Crippen molar-refractivity contribution >= 4 is 11.8 Å². The number of ether oxygens (including phenoxy) is 1. The number of nitrogens with zero attached hydrogens (tertiary/aromatic N) is 1. The number of fused-ring (bicyclic) bond motifs is 17. The Bertz CT molecular complexity index is 1420. The van der Waals surface area contributed by atoms with Crippen LogP contribution in [0.2, 0.25) is 0 Å². The number of hydrogen-bond donors (Lipinski definition) is 0. The van der Waals surface area contributed by atoms with E-state index in [1.807, 2.05) is 0 Å². The average Bonchev–Trinajstić information content (AvgIpc) is 4.02. The molecule has 11 aliphatic carbocycles. The molecular formula is C55H87NOS. The Labute approximate surface area is 360 Å². The van der Waals surface area contributed by atoms with Crippen LogP contribution < -0.4 is 0 Å². The molecule has 2 aliphatic heterocycles. The molecule has 0 aromatic heterocycles. The van der Waals surface area contributed by atoms with Crippen LogP contribution in [0.15, 0.2) is 0 Å². The molecule has 0 bridgehead atoms. The van der Waals surface area contributed by atoms with Crippen molar-refractivity contribution in [1.29, 1.82) is 0 Å². The van der Waals surface area contributed by atoms with Crippen molar-refractivity contribution in [2.45, 2.75) is 253 Å². The highest BCUT2D eigenvalue weighted by atomic mass is 32.2. The van der Waals surface area contributed by atoms with E-state index in [-0.39, 0.29) is 0 Å². The van der Waals surface area contributed by atoms with Crippen molar-refractivity contribution in [2.24, 2.45) is 88.3 Å². The molecule has 0 N–H and O–H groups in total. The second-order valence-corrected chi connectivity index (χ2v) is 26.5. The highest BCUT2D eigenvalue weighted by Crippen LogP contribution is 2.78. The van der Waals surface area contributed by atoms with Gasteiger partial charge in [-0.25, -0.2) is 0 Å². The van der Waals surface area contributed by atoms with E-state index in [4.69, 9.17) is 4.74 Å². The second kappa shape index (κ2) is 15.8. The van der Waals surface area contributed by atoms with Crippen LogP contribution in [0.5, 0.6) is 0 Å². The maximum atomic E-state index is 7.73. The molecule has 324 valence electrons. The van der Waals surface area contributed by atoms with E-state index in [9.17, 15) is 0 Å². The van der Waals surface area contributed by atoms with E-state index in [1.165, 1.54) is 109 Å². The van der Waals surface area contributed by atoms with Crippen molar-refractivity contribution in [3.05, 3.63) is 0 Å². The Morgan fingerprint density at radius 1 is 0.345 bits per heavy atom. The fourth-order valence-corrected chi connectivity index (χ4v) is 24.4. The molecule has 1 spiro atoms. The van der Waals surface area contributed by atoms with Gasteiger partial charge in [0.05, 0.1) is 12.2 Å². The van der Waals surface area contributed by atoms with E-state index in [2.05, 4.69) is 16.7 Å². The zero-order valence-corrected chi connectivity index (χ0v) is 38.0. The summed E-state index contributed by atoms with van der Waals surface area (Å²) in [7, 11) is 0. The Balaban J connectivity index is 0.790. The summed E-state index contributed by atoms with van der Waals surface area (Å²) in [6.07, 6.45) is 52.6. The Morgan fingerprint density at radius 2 is 0.879 bits per heavy atom. The lowest BCUT2D eigenvalue weighted by atomic mass is 9.52. The summed E-state index contributed by atoms with van der Waals surface area (Å²) in [5.74, 6) is 14.4. The third kappa shape index (κ3) is 5.93. The first-order chi connectivity index (χ1) is 28.8. The Morgan fingerprint density at radius 3 is 1.62 bits per heavy atom. The fraction of sp³-hybridized carbons (Fsp3) is 1.00. The third-order valence-electron chi connectivity index (χ3n) is 23.5. The second-order valence-electron chi connectivity index (χ2n) is 25.0. The minimum Gasteiger partial charge on any atom is -0.374 e. The minimum atomic E-state index is 0.619. The van der Waals surface area contributed by atoms with Gasteiger partial charge in [-0.1, -0.05) is 83.5 Å². The molecular weight excluding hydrogens is 723 g/mol. The molecule has 0 aromatic rings. The number of hydrogen-bond acceptors (Lipinski definition) is 3. The number of thioether (sulfide) groups is 1. The van der Waals surface area contributed by atoms with Crippen molar-refractivity contribution in [3.63, 3.8) is 0 Å². The number of rotatable bonds is 4. The molecule has 13 rings (SSSR count). The smallest absolute Gasteiger partial charge is 0.0652 e. The van der Waals surface area contributed by atoms with Crippen LogP contribution in [0.25, 0.3) is 0 Å². The zero-order chi connectivity index (χ0) is 38.0. The lowest BCUT2D eigenvalue weighted by Gasteiger charge is -2.55. The topological polar surface area (TPSA) is 12.5 Å². The largest absolute Gasteiger partial charge is 0.374 e. The molecule has 20 atom stereocenters. The SMILES string of the molecule is C1CCC(N(C2CCCC(C3CCCC4C5CCC6SC7CCCCC7C6C5OC34)C2)C2CCC3C4CCCCC4C4(C5CCCCC5C5CCCCC54)C3C2)CC1. The molecule has 13 fully saturated rings. The molecule has 2 heterocycles. The van der Waals surface area contributed by atoms with Crippen LogP contribution in [-0.4, -0.2) is 45.7 Å². The van der Waals surface area contributed by atoms with Gasteiger partial charge in [0.15, 0.2) is 0 Å². The van der Waals surface area contributed by atoms with Gasteiger partial charge in [0, 0.05) is 34.5 Å². The molecule has 3 heteroatoms. The monoisotopic (exact) mass is 810 g/mol. The summed E-state index contributed by atoms with van der Waals surface area (Å²) in [4.78, 5) is 3.47. The van der Waals surface area contributed by atoms with Crippen LogP contribution in [0.4, 0.5) is 0 Å². The van der Waals surface area contributed by atoms with Crippen molar-refractivity contribution in [1.82, 2.24) is 4.90 Å². The van der Waals surface area contributed by atoms with Crippen LogP contribution >= 0.6 is 11.8 Å². The van der Waals surface area contributed by atoms with Gasteiger partial charge in [-0.05, 0) is 211 Å².